The molecule has 4 heteroatoms. The molecule has 2 nitrogen and oxygen atoms in total. The molecule has 1 heterocycles. The van der Waals surface area contributed by atoms with Crippen molar-refractivity contribution in [1.29, 1.82) is 0 Å². The molecule has 19 heavy (non-hydrogen) atoms. The van der Waals surface area contributed by atoms with Gasteiger partial charge in [0.1, 0.15) is 5.75 Å². The predicted molar refractivity (Wildman–Crippen MR) is 78.1 cm³/mol. The van der Waals surface area contributed by atoms with E-state index in [4.69, 9.17) is 23.2 Å². The number of fused-ring (bicyclic) bond motifs is 1. The molecular formula is C15H13Cl2NO. The molecule has 0 fully saturated rings. The van der Waals surface area contributed by atoms with Gasteiger partial charge in [-0.1, -0.05) is 35.3 Å². The van der Waals surface area contributed by atoms with E-state index >= 15 is 0 Å². The highest BCUT2D eigenvalue weighted by Gasteiger charge is 2.23. The molecular weight excluding hydrogens is 281 g/mol. The average Bonchev–Trinajstić information content (AvgIpc) is 2.38. The van der Waals surface area contributed by atoms with Crippen LogP contribution in [-0.2, 0) is 6.42 Å². The lowest BCUT2D eigenvalue weighted by Gasteiger charge is -2.28. The zero-order chi connectivity index (χ0) is 13.4. The lowest BCUT2D eigenvalue weighted by Crippen LogP contribution is -2.30. The Morgan fingerprint density at radius 1 is 1.05 bits per heavy atom. The Morgan fingerprint density at radius 3 is 2.63 bits per heavy atom. The first kappa shape index (κ1) is 12.8. The number of phenols is 1. The van der Waals surface area contributed by atoms with E-state index in [2.05, 4.69) is 5.32 Å². The molecule has 1 aliphatic rings. The van der Waals surface area contributed by atoms with Crippen molar-refractivity contribution in [1.82, 2.24) is 5.32 Å². The van der Waals surface area contributed by atoms with Crippen LogP contribution in [0.1, 0.15) is 22.7 Å². The van der Waals surface area contributed by atoms with Crippen LogP contribution in [0.4, 0.5) is 0 Å². The molecule has 0 radical (unpaired) electrons. The summed E-state index contributed by atoms with van der Waals surface area (Å²) in [5.74, 6) is 0.307. The van der Waals surface area contributed by atoms with Crippen LogP contribution in [0.2, 0.25) is 10.0 Å². The maximum Gasteiger partial charge on any atom is 0.115 e. The van der Waals surface area contributed by atoms with Crippen LogP contribution in [-0.4, -0.2) is 11.7 Å². The van der Waals surface area contributed by atoms with Gasteiger partial charge in [0, 0.05) is 16.6 Å². The molecule has 0 bridgehead atoms. The molecule has 0 aromatic heterocycles. The van der Waals surface area contributed by atoms with Crippen LogP contribution >= 0.6 is 23.2 Å². The monoisotopic (exact) mass is 293 g/mol. The van der Waals surface area contributed by atoms with Crippen molar-refractivity contribution in [2.75, 3.05) is 6.54 Å². The quantitative estimate of drug-likeness (QED) is 0.835. The topological polar surface area (TPSA) is 32.3 Å². The summed E-state index contributed by atoms with van der Waals surface area (Å²) in [4.78, 5) is 0. The van der Waals surface area contributed by atoms with Gasteiger partial charge in [0.25, 0.3) is 0 Å². The van der Waals surface area contributed by atoms with Crippen LogP contribution in [0.15, 0.2) is 36.4 Å². The molecule has 0 amide bonds. The highest BCUT2D eigenvalue weighted by molar-refractivity contribution is 6.35. The van der Waals surface area contributed by atoms with Crippen molar-refractivity contribution in [2.45, 2.75) is 12.5 Å². The van der Waals surface area contributed by atoms with E-state index in [0.717, 1.165) is 29.7 Å². The van der Waals surface area contributed by atoms with Crippen LogP contribution in [0, 0.1) is 0 Å². The van der Waals surface area contributed by atoms with Gasteiger partial charge in [-0.25, -0.2) is 0 Å². The third-order valence-electron chi connectivity index (χ3n) is 3.45. The predicted octanol–water partition coefficient (Wildman–Crippen LogP) is 3.93. The number of phenolic OH excluding ortho intramolecular Hbond substituents is 1. The van der Waals surface area contributed by atoms with E-state index in [-0.39, 0.29) is 6.04 Å². The highest BCUT2D eigenvalue weighted by Crippen LogP contribution is 2.35. The molecule has 3 rings (SSSR count). The summed E-state index contributed by atoms with van der Waals surface area (Å²) in [5, 5.41) is 14.3. The van der Waals surface area contributed by atoms with E-state index in [1.54, 1.807) is 12.1 Å². The lowest BCUT2D eigenvalue weighted by molar-refractivity contribution is 0.471. The maximum absolute atomic E-state index is 9.57. The van der Waals surface area contributed by atoms with Gasteiger partial charge in [0.15, 0.2) is 0 Å². The Labute approximate surface area is 122 Å². The molecule has 2 N–H and O–H groups in total. The average molecular weight is 294 g/mol. The number of aromatic hydroxyl groups is 1. The number of rotatable bonds is 1. The molecule has 0 saturated heterocycles. The maximum atomic E-state index is 9.57. The fourth-order valence-corrected chi connectivity index (χ4v) is 3.08. The summed E-state index contributed by atoms with van der Waals surface area (Å²) >= 11 is 12.2. The van der Waals surface area contributed by atoms with Gasteiger partial charge in [0.05, 0.1) is 6.04 Å². The molecule has 1 unspecified atom stereocenters. The molecule has 0 spiro atoms. The van der Waals surface area contributed by atoms with Gasteiger partial charge in [-0.15, -0.1) is 0 Å². The number of hydrogen-bond acceptors (Lipinski definition) is 2. The van der Waals surface area contributed by atoms with E-state index in [0.29, 0.717) is 15.8 Å². The van der Waals surface area contributed by atoms with Crippen molar-refractivity contribution in [3.8, 4) is 5.75 Å². The summed E-state index contributed by atoms with van der Waals surface area (Å²) in [6.45, 7) is 0.861. The summed E-state index contributed by atoms with van der Waals surface area (Å²) in [6.07, 6.45) is 0.908. The lowest BCUT2D eigenvalue weighted by atomic mass is 9.90. The summed E-state index contributed by atoms with van der Waals surface area (Å²) < 4.78 is 0. The number of halogens is 2. The first-order chi connectivity index (χ1) is 9.15. The van der Waals surface area contributed by atoms with Crippen molar-refractivity contribution >= 4 is 23.2 Å². The largest absolute Gasteiger partial charge is 0.508 e. The summed E-state index contributed by atoms with van der Waals surface area (Å²) in [6, 6.07) is 11.1. The smallest absolute Gasteiger partial charge is 0.115 e. The molecule has 0 aliphatic carbocycles. The van der Waals surface area contributed by atoms with Crippen molar-refractivity contribution in [3.05, 3.63) is 63.1 Å². The molecule has 98 valence electrons. The second kappa shape index (κ2) is 5.04. The fourth-order valence-electron chi connectivity index (χ4n) is 2.56. The molecule has 0 saturated carbocycles. The Morgan fingerprint density at radius 2 is 1.84 bits per heavy atom. The Bertz CT molecular complexity index is 628. The minimum absolute atomic E-state index is 0.0501. The highest BCUT2D eigenvalue weighted by atomic mass is 35.5. The molecule has 1 atom stereocenters. The number of nitrogens with one attached hydrogen (secondary N) is 1. The van der Waals surface area contributed by atoms with E-state index in [1.165, 1.54) is 0 Å². The SMILES string of the molecule is Oc1ccc2c(c1)CCNC2c1ccc(Cl)cc1Cl. The summed E-state index contributed by atoms with van der Waals surface area (Å²) in [5.41, 5.74) is 3.33. The number of hydrogen-bond donors (Lipinski definition) is 2. The zero-order valence-corrected chi connectivity index (χ0v) is 11.7. The third-order valence-corrected chi connectivity index (χ3v) is 4.02. The van der Waals surface area contributed by atoms with Gasteiger partial charge in [0.2, 0.25) is 0 Å². The van der Waals surface area contributed by atoms with Crippen molar-refractivity contribution in [2.24, 2.45) is 0 Å². The number of benzene rings is 2. The van der Waals surface area contributed by atoms with E-state index < -0.39 is 0 Å². The Hall–Kier alpha value is -1.22. The summed E-state index contributed by atoms with van der Waals surface area (Å²) in [7, 11) is 0. The van der Waals surface area contributed by atoms with Crippen LogP contribution < -0.4 is 5.32 Å². The Balaban J connectivity index is 2.08. The van der Waals surface area contributed by atoms with Crippen molar-refractivity contribution < 1.29 is 5.11 Å². The fraction of sp³-hybridized carbons (Fsp3) is 0.200. The van der Waals surface area contributed by atoms with Gasteiger partial charge < -0.3 is 10.4 Å². The second-order valence-electron chi connectivity index (χ2n) is 4.69. The van der Waals surface area contributed by atoms with Crippen LogP contribution in [0.3, 0.4) is 0 Å². The Kier molecular flexibility index (Phi) is 3.40. The molecule has 2 aromatic carbocycles. The minimum Gasteiger partial charge on any atom is -0.508 e. The third kappa shape index (κ3) is 2.44. The second-order valence-corrected chi connectivity index (χ2v) is 5.53. The van der Waals surface area contributed by atoms with Crippen LogP contribution in [0.5, 0.6) is 5.75 Å². The normalized spacial score (nSPS) is 18.1. The van der Waals surface area contributed by atoms with Gasteiger partial charge in [-0.2, -0.15) is 0 Å². The minimum atomic E-state index is 0.0501. The van der Waals surface area contributed by atoms with Gasteiger partial charge in [-0.05, 0) is 47.4 Å². The van der Waals surface area contributed by atoms with E-state index in [9.17, 15) is 5.11 Å². The van der Waals surface area contributed by atoms with Crippen molar-refractivity contribution in [3.63, 3.8) is 0 Å². The van der Waals surface area contributed by atoms with Gasteiger partial charge in [-0.3, -0.25) is 0 Å². The van der Waals surface area contributed by atoms with E-state index in [1.807, 2.05) is 24.3 Å². The first-order valence-corrected chi connectivity index (χ1v) is 6.91. The molecule has 2 aromatic rings. The molecule has 1 aliphatic heterocycles. The van der Waals surface area contributed by atoms with Gasteiger partial charge >= 0.3 is 0 Å². The zero-order valence-electron chi connectivity index (χ0n) is 10.2. The first-order valence-electron chi connectivity index (χ1n) is 6.15. The standard InChI is InChI=1S/C15H13Cl2NO/c16-10-1-3-13(14(17)8-10)15-12-4-2-11(19)7-9(12)5-6-18-15/h1-4,7-8,15,18-19H,5-6H2. The van der Waals surface area contributed by atoms with Crippen LogP contribution in [0.25, 0.3) is 0 Å².